The first-order chi connectivity index (χ1) is 9.13. The smallest absolute Gasteiger partial charge is 0.150 e. The maximum Gasteiger partial charge on any atom is 0.150 e. The van der Waals surface area contributed by atoms with Crippen molar-refractivity contribution in [2.24, 2.45) is 0 Å². The second-order valence-corrected chi connectivity index (χ2v) is 3.87. The lowest BCUT2D eigenvalue weighted by atomic mass is 10.2. The van der Waals surface area contributed by atoms with E-state index in [0.717, 1.165) is 11.8 Å². The molecule has 0 aliphatic carbocycles. The van der Waals surface area contributed by atoms with Gasteiger partial charge in [0.05, 0.1) is 7.11 Å². The fraction of sp³-hybridized carbons (Fsp3) is 0.235. The van der Waals surface area contributed by atoms with Crippen molar-refractivity contribution in [2.75, 3.05) is 7.11 Å². The molecule has 0 aliphatic rings. The second-order valence-electron chi connectivity index (χ2n) is 3.87. The highest BCUT2D eigenvalue weighted by Crippen LogP contribution is 1.98. The summed E-state index contributed by atoms with van der Waals surface area (Å²) < 4.78 is 0. The highest BCUT2D eigenvalue weighted by Gasteiger charge is 1.85. The highest BCUT2D eigenvalue weighted by molar-refractivity contribution is 5.74. The Morgan fingerprint density at radius 1 is 0.900 bits per heavy atom. The fourth-order valence-corrected chi connectivity index (χ4v) is 1.18. The Morgan fingerprint density at radius 3 is 1.60 bits per heavy atom. The summed E-state index contributed by atoms with van der Waals surface area (Å²) in [6, 6.07) is 17.7. The lowest BCUT2D eigenvalue weighted by molar-refractivity contribution is -0.214. The van der Waals surface area contributed by atoms with Crippen molar-refractivity contribution >= 4 is 6.29 Å². The number of rotatable bonds is 1. The van der Waals surface area contributed by atoms with Crippen molar-refractivity contribution in [1.29, 1.82) is 0 Å². The molecule has 0 bridgehead atoms. The third-order valence-electron chi connectivity index (χ3n) is 2.15. The summed E-state index contributed by atoms with van der Waals surface area (Å²) >= 11 is 0. The Balaban J connectivity index is 0. The molecule has 0 aromatic heterocycles. The summed E-state index contributed by atoms with van der Waals surface area (Å²) in [5.41, 5.74) is 3.24. The summed E-state index contributed by atoms with van der Waals surface area (Å²) in [4.78, 5) is 13.4. The van der Waals surface area contributed by atoms with Gasteiger partial charge in [0.2, 0.25) is 0 Å². The van der Waals surface area contributed by atoms with E-state index in [0.29, 0.717) is 0 Å². The van der Waals surface area contributed by atoms with Crippen LogP contribution < -0.4 is 0 Å². The zero-order valence-electron chi connectivity index (χ0n) is 11.5. The molecule has 0 fully saturated rings. The predicted octanol–water partition coefficient (Wildman–Crippen LogP) is 4.54. The third kappa shape index (κ3) is 11.1. The first-order valence-corrected chi connectivity index (χ1v) is 5.85. The summed E-state index contributed by atoms with van der Waals surface area (Å²) in [5.74, 6) is 0. The highest BCUT2D eigenvalue weighted by atomic mass is 17.1. The molecule has 0 amide bonds. The molecule has 2 aromatic rings. The summed E-state index contributed by atoms with van der Waals surface area (Å²) in [7, 11) is 1.18. The summed E-state index contributed by atoms with van der Waals surface area (Å²) in [6.45, 7) is 4.08. The molecule has 0 saturated carbocycles. The van der Waals surface area contributed by atoms with Gasteiger partial charge in [-0.05, 0) is 13.8 Å². The Labute approximate surface area is 121 Å². The van der Waals surface area contributed by atoms with E-state index < -0.39 is 0 Å². The van der Waals surface area contributed by atoms with Gasteiger partial charge in [0.1, 0.15) is 6.29 Å². The van der Waals surface area contributed by atoms with E-state index in [1.54, 1.807) is 0 Å². The monoisotopic (exact) mass is 276 g/mol. The number of benzene rings is 2. The molecule has 0 spiro atoms. The third-order valence-corrected chi connectivity index (χ3v) is 2.15. The summed E-state index contributed by atoms with van der Waals surface area (Å²) in [5, 5.41) is 7.07. The second kappa shape index (κ2) is 13.5. The standard InChI is InChI=1S/C8H8O.C7H8.CH4O2.CH4/c1-7-2-4-8(6-9)5-3-7;1-7-5-3-2-4-6-7;1-3-2;/h2-6H,1H3;2-6H,1H3;2H,1H3;1H4. The minimum Gasteiger partial charge on any atom is -0.298 e. The molecule has 2 rings (SSSR count). The Bertz CT molecular complexity index is 436. The first kappa shape index (κ1) is 20.3. The Hall–Kier alpha value is -1.97. The van der Waals surface area contributed by atoms with Gasteiger partial charge in [-0.25, -0.2) is 4.89 Å². The fourth-order valence-electron chi connectivity index (χ4n) is 1.18. The van der Waals surface area contributed by atoms with E-state index in [1.165, 1.54) is 18.2 Å². The van der Waals surface area contributed by atoms with Crippen LogP contribution in [-0.2, 0) is 4.89 Å². The van der Waals surface area contributed by atoms with Gasteiger partial charge in [0.15, 0.2) is 0 Å². The molecule has 0 heterocycles. The zero-order chi connectivity index (χ0) is 14.5. The largest absolute Gasteiger partial charge is 0.298 e. The van der Waals surface area contributed by atoms with Gasteiger partial charge in [-0.15, -0.1) is 0 Å². The van der Waals surface area contributed by atoms with Crippen molar-refractivity contribution in [1.82, 2.24) is 0 Å². The number of aldehydes is 1. The van der Waals surface area contributed by atoms with Gasteiger partial charge in [-0.2, -0.15) is 0 Å². The lowest BCUT2D eigenvalue weighted by Gasteiger charge is -1.89. The van der Waals surface area contributed by atoms with Crippen molar-refractivity contribution < 1.29 is 14.9 Å². The number of hydrogen-bond acceptors (Lipinski definition) is 3. The predicted molar refractivity (Wildman–Crippen MR) is 84.1 cm³/mol. The molecule has 3 nitrogen and oxygen atoms in total. The molecular formula is C17H24O3. The minimum atomic E-state index is 0. The van der Waals surface area contributed by atoms with Crippen LogP contribution in [0.3, 0.4) is 0 Å². The van der Waals surface area contributed by atoms with Crippen molar-refractivity contribution in [3.05, 3.63) is 71.3 Å². The SMILES string of the molecule is C.COO.Cc1ccc(C=O)cc1.Cc1ccccc1. The van der Waals surface area contributed by atoms with E-state index in [9.17, 15) is 4.79 Å². The van der Waals surface area contributed by atoms with E-state index in [4.69, 9.17) is 5.26 Å². The van der Waals surface area contributed by atoms with Gasteiger partial charge in [0, 0.05) is 5.56 Å². The Morgan fingerprint density at radius 2 is 1.30 bits per heavy atom. The van der Waals surface area contributed by atoms with E-state index >= 15 is 0 Å². The van der Waals surface area contributed by atoms with Crippen LogP contribution in [0.2, 0.25) is 0 Å². The van der Waals surface area contributed by atoms with Gasteiger partial charge in [0.25, 0.3) is 0 Å². The Kier molecular flexibility index (Phi) is 13.7. The molecule has 2 aromatic carbocycles. The molecular weight excluding hydrogens is 252 g/mol. The quantitative estimate of drug-likeness (QED) is 0.472. The number of hydrogen-bond donors (Lipinski definition) is 1. The van der Waals surface area contributed by atoms with Crippen molar-refractivity contribution in [3.8, 4) is 0 Å². The topological polar surface area (TPSA) is 46.5 Å². The molecule has 0 saturated heterocycles. The number of carbonyl (C=O) groups is 1. The van der Waals surface area contributed by atoms with E-state index in [2.05, 4.69) is 23.9 Å². The maximum atomic E-state index is 10.1. The van der Waals surface area contributed by atoms with E-state index in [1.807, 2.05) is 49.4 Å². The zero-order valence-corrected chi connectivity index (χ0v) is 11.5. The molecule has 0 aliphatic heterocycles. The van der Waals surface area contributed by atoms with Gasteiger partial charge < -0.3 is 0 Å². The average molecular weight is 276 g/mol. The molecule has 1 N–H and O–H groups in total. The van der Waals surface area contributed by atoms with Crippen LogP contribution in [0, 0.1) is 13.8 Å². The number of aryl methyl sites for hydroxylation is 2. The molecule has 20 heavy (non-hydrogen) atoms. The van der Waals surface area contributed by atoms with Crippen LogP contribution in [0.15, 0.2) is 54.6 Å². The first-order valence-electron chi connectivity index (χ1n) is 5.85. The average Bonchev–Trinajstić information content (AvgIpc) is 2.42. The van der Waals surface area contributed by atoms with Gasteiger partial charge >= 0.3 is 0 Å². The summed E-state index contributed by atoms with van der Waals surface area (Å²) in [6.07, 6.45) is 0.847. The van der Waals surface area contributed by atoms with Crippen LogP contribution in [0.5, 0.6) is 0 Å². The molecule has 0 unspecified atom stereocenters. The van der Waals surface area contributed by atoms with Crippen LogP contribution >= 0.6 is 0 Å². The number of carbonyl (C=O) groups excluding carboxylic acids is 1. The molecule has 0 atom stereocenters. The normalized spacial score (nSPS) is 8.00. The van der Waals surface area contributed by atoms with Gasteiger partial charge in [-0.1, -0.05) is 73.2 Å². The van der Waals surface area contributed by atoms with Crippen molar-refractivity contribution in [3.63, 3.8) is 0 Å². The molecule has 110 valence electrons. The van der Waals surface area contributed by atoms with Crippen LogP contribution in [0.4, 0.5) is 0 Å². The molecule has 0 radical (unpaired) electrons. The lowest BCUT2D eigenvalue weighted by Crippen LogP contribution is -1.77. The van der Waals surface area contributed by atoms with Crippen LogP contribution in [-0.4, -0.2) is 18.7 Å². The van der Waals surface area contributed by atoms with Crippen molar-refractivity contribution in [2.45, 2.75) is 21.3 Å². The maximum absolute atomic E-state index is 10.1. The van der Waals surface area contributed by atoms with E-state index in [-0.39, 0.29) is 7.43 Å². The van der Waals surface area contributed by atoms with Crippen LogP contribution in [0.25, 0.3) is 0 Å². The minimum absolute atomic E-state index is 0. The van der Waals surface area contributed by atoms with Crippen LogP contribution in [0.1, 0.15) is 28.9 Å². The molecule has 3 heteroatoms. The van der Waals surface area contributed by atoms with Gasteiger partial charge in [-0.3, -0.25) is 10.1 Å².